The molecule has 1 atom stereocenters. The summed E-state index contributed by atoms with van der Waals surface area (Å²) >= 11 is 4.78. The number of halogens is 3. The lowest BCUT2D eigenvalue weighted by molar-refractivity contribution is 0.0501. The predicted molar refractivity (Wildman–Crippen MR) is 46.0 cm³/mol. The van der Waals surface area contributed by atoms with Crippen LogP contribution in [0.4, 0.5) is 8.78 Å². The molecule has 0 amide bonds. The molecule has 0 saturated heterocycles. The Morgan fingerprint density at radius 1 is 1.75 bits per heavy atom. The van der Waals surface area contributed by atoms with Gasteiger partial charge in [0.05, 0.1) is 0 Å². The van der Waals surface area contributed by atoms with Gasteiger partial charge in [0, 0.05) is 0 Å². The maximum absolute atomic E-state index is 12.5. The van der Waals surface area contributed by atoms with Gasteiger partial charge in [-0.25, -0.2) is 5.43 Å². The zero-order valence-electron chi connectivity index (χ0n) is 6.91. The minimum Gasteiger partial charge on any atom is -0.271 e. The standard InChI is InChI=1S/C7H13ClF2N2/c1-3-5(2)4-6(12-11)7(8,9)10/h6,12H,2-4,11H2,1H3. The molecule has 0 aromatic rings. The fourth-order valence-corrected chi connectivity index (χ4v) is 0.842. The van der Waals surface area contributed by atoms with Gasteiger partial charge in [-0.2, -0.15) is 8.78 Å². The highest BCUT2D eigenvalue weighted by atomic mass is 35.5. The quantitative estimate of drug-likeness (QED) is 0.307. The summed E-state index contributed by atoms with van der Waals surface area (Å²) in [6.07, 6.45) is 0.731. The molecule has 0 fully saturated rings. The average molecular weight is 199 g/mol. The van der Waals surface area contributed by atoms with E-state index in [1.807, 2.05) is 12.3 Å². The largest absolute Gasteiger partial charge is 0.338 e. The minimum atomic E-state index is -3.33. The lowest BCUT2D eigenvalue weighted by atomic mass is 10.1. The highest BCUT2D eigenvalue weighted by Gasteiger charge is 2.36. The normalized spacial score (nSPS) is 14.4. The van der Waals surface area contributed by atoms with E-state index >= 15 is 0 Å². The van der Waals surface area contributed by atoms with E-state index in [1.165, 1.54) is 0 Å². The monoisotopic (exact) mass is 198 g/mol. The van der Waals surface area contributed by atoms with Crippen molar-refractivity contribution in [1.29, 1.82) is 0 Å². The van der Waals surface area contributed by atoms with E-state index in [-0.39, 0.29) is 6.42 Å². The Morgan fingerprint density at radius 3 is 2.50 bits per heavy atom. The molecule has 2 nitrogen and oxygen atoms in total. The lowest BCUT2D eigenvalue weighted by Gasteiger charge is -2.20. The molecule has 5 heteroatoms. The van der Waals surface area contributed by atoms with Crippen molar-refractivity contribution >= 4 is 11.6 Å². The van der Waals surface area contributed by atoms with E-state index < -0.39 is 11.4 Å². The van der Waals surface area contributed by atoms with Crippen LogP contribution in [0.3, 0.4) is 0 Å². The minimum absolute atomic E-state index is 0.0868. The first-order chi connectivity index (χ1) is 5.41. The molecule has 0 heterocycles. The van der Waals surface area contributed by atoms with Gasteiger partial charge in [-0.15, -0.1) is 0 Å². The van der Waals surface area contributed by atoms with Crippen LogP contribution in [0.2, 0.25) is 0 Å². The number of hydrogen-bond acceptors (Lipinski definition) is 2. The summed E-state index contributed by atoms with van der Waals surface area (Å²) < 4.78 is 24.9. The Morgan fingerprint density at radius 2 is 2.25 bits per heavy atom. The summed E-state index contributed by atoms with van der Waals surface area (Å²) in [5.74, 6) is 4.91. The van der Waals surface area contributed by atoms with Crippen LogP contribution in [0.1, 0.15) is 19.8 Å². The molecule has 72 valence electrons. The molecule has 3 N–H and O–H groups in total. The molecule has 0 aromatic heterocycles. The van der Waals surface area contributed by atoms with Gasteiger partial charge >= 0.3 is 5.38 Å². The number of nitrogens with one attached hydrogen (secondary N) is 1. The second-order valence-corrected chi connectivity index (χ2v) is 3.07. The van der Waals surface area contributed by atoms with Gasteiger partial charge in [0.15, 0.2) is 0 Å². The van der Waals surface area contributed by atoms with Crippen LogP contribution in [-0.4, -0.2) is 11.4 Å². The van der Waals surface area contributed by atoms with E-state index in [0.29, 0.717) is 12.0 Å². The Hall–Kier alpha value is -0.190. The van der Waals surface area contributed by atoms with Gasteiger partial charge in [0.25, 0.3) is 0 Å². The van der Waals surface area contributed by atoms with Gasteiger partial charge in [-0.1, -0.05) is 19.1 Å². The molecular weight excluding hydrogens is 186 g/mol. The van der Waals surface area contributed by atoms with Crippen LogP contribution in [0.5, 0.6) is 0 Å². The zero-order chi connectivity index (χ0) is 9.78. The van der Waals surface area contributed by atoms with Gasteiger partial charge in [-0.3, -0.25) is 5.84 Å². The molecular formula is C7H13ClF2N2. The third-order valence-electron chi connectivity index (χ3n) is 1.59. The summed E-state index contributed by atoms with van der Waals surface area (Å²) in [7, 11) is 0. The van der Waals surface area contributed by atoms with Crippen molar-refractivity contribution in [3.63, 3.8) is 0 Å². The van der Waals surface area contributed by atoms with Crippen LogP contribution in [-0.2, 0) is 0 Å². The zero-order valence-corrected chi connectivity index (χ0v) is 7.67. The van der Waals surface area contributed by atoms with Gasteiger partial charge in [-0.05, 0) is 24.4 Å². The van der Waals surface area contributed by atoms with Gasteiger partial charge in [0.1, 0.15) is 6.04 Å². The van der Waals surface area contributed by atoms with Crippen molar-refractivity contribution in [2.45, 2.75) is 31.2 Å². The molecule has 0 aliphatic heterocycles. The Balaban J connectivity index is 4.09. The Bertz CT molecular complexity index is 156. The van der Waals surface area contributed by atoms with Crippen molar-refractivity contribution in [2.75, 3.05) is 0 Å². The molecule has 0 aromatic carbocycles. The molecule has 0 aliphatic rings. The summed E-state index contributed by atoms with van der Waals surface area (Å²) in [4.78, 5) is 0. The van der Waals surface area contributed by atoms with Crippen LogP contribution >= 0.6 is 11.6 Å². The van der Waals surface area contributed by atoms with Crippen LogP contribution in [0, 0.1) is 0 Å². The van der Waals surface area contributed by atoms with E-state index in [2.05, 4.69) is 6.58 Å². The molecule has 0 spiro atoms. The maximum Gasteiger partial charge on any atom is 0.338 e. The second kappa shape index (κ2) is 4.74. The highest BCUT2D eigenvalue weighted by molar-refractivity contribution is 6.22. The van der Waals surface area contributed by atoms with Gasteiger partial charge in [0.2, 0.25) is 0 Å². The number of hydrazine groups is 1. The smallest absolute Gasteiger partial charge is 0.271 e. The highest BCUT2D eigenvalue weighted by Crippen LogP contribution is 2.27. The van der Waals surface area contributed by atoms with E-state index in [1.54, 1.807) is 0 Å². The number of alkyl halides is 3. The van der Waals surface area contributed by atoms with Crippen molar-refractivity contribution in [1.82, 2.24) is 5.43 Å². The number of nitrogens with two attached hydrogens (primary N) is 1. The SMILES string of the molecule is C=C(CC)CC(NN)C(F)(F)Cl. The summed E-state index contributed by atoms with van der Waals surface area (Å²) in [5, 5.41) is -3.33. The fourth-order valence-electron chi connectivity index (χ4n) is 0.702. The topological polar surface area (TPSA) is 38.0 Å². The maximum atomic E-state index is 12.5. The Kier molecular flexibility index (Phi) is 4.67. The summed E-state index contributed by atoms with van der Waals surface area (Å²) in [6, 6.07) is -1.24. The van der Waals surface area contributed by atoms with Gasteiger partial charge < -0.3 is 0 Å². The third kappa shape index (κ3) is 3.99. The lowest BCUT2D eigenvalue weighted by Crippen LogP contribution is -2.45. The van der Waals surface area contributed by atoms with Crippen molar-refractivity contribution < 1.29 is 8.78 Å². The third-order valence-corrected chi connectivity index (χ3v) is 1.85. The molecule has 1 unspecified atom stereocenters. The molecule has 0 bridgehead atoms. The summed E-state index contributed by atoms with van der Waals surface area (Å²) in [6.45, 7) is 5.42. The predicted octanol–water partition coefficient (Wildman–Crippen LogP) is 2.01. The van der Waals surface area contributed by atoms with E-state index in [0.717, 1.165) is 0 Å². The molecule has 12 heavy (non-hydrogen) atoms. The van der Waals surface area contributed by atoms with Crippen LogP contribution in [0.15, 0.2) is 12.2 Å². The van der Waals surface area contributed by atoms with Crippen molar-refractivity contribution in [3.8, 4) is 0 Å². The van der Waals surface area contributed by atoms with E-state index in [4.69, 9.17) is 17.4 Å². The van der Waals surface area contributed by atoms with Crippen molar-refractivity contribution in [2.24, 2.45) is 5.84 Å². The number of hydrogen-bond donors (Lipinski definition) is 2. The molecule has 0 aliphatic carbocycles. The average Bonchev–Trinajstić information content (AvgIpc) is 1.97. The van der Waals surface area contributed by atoms with Crippen LogP contribution < -0.4 is 11.3 Å². The molecule has 0 radical (unpaired) electrons. The fraction of sp³-hybridized carbons (Fsp3) is 0.714. The second-order valence-electron chi connectivity index (χ2n) is 2.57. The molecule has 0 saturated carbocycles. The summed E-state index contributed by atoms with van der Waals surface area (Å²) in [5.41, 5.74) is 2.66. The first-order valence-electron chi connectivity index (χ1n) is 3.61. The first kappa shape index (κ1) is 11.8. The molecule has 0 rings (SSSR count). The van der Waals surface area contributed by atoms with Crippen molar-refractivity contribution in [3.05, 3.63) is 12.2 Å². The van der Waals surface area contributed by atoms with Crippen LogP contribution in [0.25, 0.3) is 0 Å². The first-order valence-corrected chi connectivity index (χ1v) is 3.99. The van der Waals surface area contributed by atoms with E-state index in [9.17, 15) is 8.78 Å². The number of rotatable bonds is 5. The Labute approximate surface area is 75.7 Å².